The van der Waals surface area contributed by atoms with Gasteiger partial charge in [-0.15, -0.1) is 0 Å². The average Bonchev–Trinajstić information content (AvgIpc) is 2.93. The smallest absolute Gasteiger partial charge is 0.325 e. The maximum absolute atomic E-state index is 13.0. The van der Waals surface area contributed by atoms with Crippen LogP contribution < -0.4 is 5.32 Å². The lowest BCUT2D eigenvalue weighted by molar-refractivity contribution is -0.140. The van der Waals surface area contributed by atoms with E-state index in [1.54, 1.807) is 11.8 Å². The van der Waals surface area contributed by atoms with Crippen LogP contribution in [-0.4, -0.2) is 71.3 Å². The number of rotatable bonds is 5. The first-order chi connectivity index (χ1) is 14.2. The van der Waals surface area contributed by atoms with Gasteiger partial charge in [0, 0.05) is 26.2 Å². The Morgan fingerprint density at radius 1 is 1.17 bits per heavy atom. The van der Waals surface area contributed by atoms with Crippen LogP contribution in [0.1, 0.15) is 31.9 Å². The van der Waals surface area contributed by atoms with E-state index in [1.807, 2.05) is 45.0 Å². The molecule has 2 atom stereocenters. The van der Waals surface area contributed by atoms with Gasteiger partial charge >= 0.3 is 6.03 Å². The van der Waals surface area contributed by atoms with Gasteiger partial charge in [0.2, 0.25) is 5.91 Å². The number of hydrogen-bond donors (Lipinski definition) is 1. The second kappa shape index (κ2) is 8.44. The second-order valence-corrected chi connectivity index (χ2v) is 8.55. The Morgan fingerprint density at radius 2 is 1.77 bits per heavy atom. The van der Waals surface area contributed by atoms with Gasteiger partial charge in [0.15, 0.2) is 0 Å². The van der Waals surface area contributed by atoms with Crippen molar-refractivity contribution in [1.82, 2.24) is 20.0 Å². The first-order valence-corrected chi connectivity index (χ1v) is 10.3. The molecule has 2 saturated heterocycles. The number of carbonyl (C=O) groups is 3. The Kier molecular flexibility index (Phi) is 6.13. The van der Waals surface area contributed by atoms with Gasteiger partial charge in [0.1, 0.15) is 18.1 Å². The van der Waals surface area contributed by atoms with Gasteiger partial charge in [-0.1, -0.05) is 43.7 Å². The summed E-state index contributed by atoms with van der Waals surface area (Å²) in [6.45, 7) is 9.50. The number of amides is 4. The molecule has 1 N–H and O–H groups in total. The Morgan fingerprint density at radius 3 is 2.30 bits per heavy atom. The zero-order valence-corrected chi connectivity index (χ0v) is 18.0. The first-order valence-electron chi connectivity index (χ1n) is 10.3. The zero-order chi connectivity index (χ0) is 22.1. The van der Waals surface area contributed by atoms with Crippen molar-refractivity contribution in [3.8, 4) is 6.07 Å². The monoisotopic (exact) mass is 411 g/mol. The summed E-state index contributed by atoms with van der Waals surface area (Å²) in [7, 11) is 0. The lowest BCUT2D eigenvalue weighted by Crippen LogP contribution is -2.54. The molecule has 2 unspecified atom stereocenters. The molecule has 4 amide bonds. The van der Waals surface area contributed by atoms with Crippen LogP contribution in [0.4, 0.5) is 4.79 Å². The molecule has 0 radical (unpaired) electrons. The molecule has 3 rings (SSSR count). The molecule has 2 fully saturated rings. The Hall–Kier alpha value is -2.92. The number of nitrogens with zero attached hydrogens (tertiary/aromatic N) is 4. The van der Waals surface area contributed by atoms with E-state index in [-0.39, 0.29) is 24.4 Å². The molecule has 2 aliphatic heterocycles. The highest BCUT2D eigenvalue weighted by atomic mass is 16.2. The highest BCUT2D eigenvalue weighted by Crippen LogP contribution is 2.29. The van der Waals surface area contributed by atoms with E-state index in [1.165, 1.54) is 0 Å². The van der Waals surface area contributed by atoms with Crippen LogP contribution in [0.2, 0.25) is 0 Å². The maximum atomic E-state index is 13.0. The molecule has 30 heavy (non-hydrogen) atoms. The van der Waals surface area contributed by atoms with Crippen molar-refractivity contribution in [3.63, 3.8) is 0 Å². The predicted molar refractivity (Wildman–Crippen MR) is 111 cm³/mol. The number of piperazine rings is 1. The highest BCUT2D eigenvalue weighted by Gasteiger charge is 2.49. The molecule has 0 bridgehead atoms. The number of benzene rings is 1. The minimum atomic E-state index is -1.18. The average molecular weight is 412 g/mol. The molecule has 8 nitrogen and oxygen atoms in total. The van der Waals surface area contributed by atoms with Crippen LogP contribution in [0.5, 0.6) is 0 Å². The number of carbonyl (C=O) groups excluding carboxylic acids is 3. The highest BCUT2D eigenvalue weighted by molar-refractivity contribution is 6.09. The molecule has 0 saturated carbocycles. The quantitative estimate of drug-likeness (QED) is 0.740. The SMILES string of the molecule is Cc1ccc(C2(C)NC(=O)N(CC(=O)N3CCN(C(C#N)C(C)C)CC3)C2=O)cc1. The van der Waals surface area contributed by atoms with Gasteiger partial charge in [-0.05, 0) is 25.3 Å². The number of urea groups is 1. The Labute approximate surface area is 177 Å². The van der Waals surface area contributed by atoms with Gasteiger partial charge in [-0.2, -0.15) is 5.26 Å². The third kappa shape index (κ3) is 4.03. The summed E-state index contributed by atoms with van der Waals surface area (Å²) in [6, 6.07) is 9.01. The number of imide groups is 1. The lowest BCUT2D eigenvalue weighted by atomic mass is 9.91. The standard InChI is InChI=1S/C22H29N5O3/c1-15(2)18(13-23)25-9-11-26(12-10-25)19(28)14-27-20(29)22(4,24-21(27)30)17-7-5-16(3)6-8-17/h5-8,15,18H,9-12,14H2,1-4H3,(H,24,30). The van der Waals surface area contributed by atoms with E-state index in [0.29, 0.717) is 31.7 Å². The van der Waals surface area contributed by atoms with Gasteiger partial charge in [0.25, 0.3) is 5.91 Å². The van der Waals surface area contributed by atoms with E-state index < -0.39 is 17.5 Å². The number of nitrogens with one attached hydrogen (secondary N) is 1. The maximum Gasteiger partial charge on any atom is 0.325 e. The minimum Gasteiger partial charge on any atom is -0.339 e. The molecule has 8 heteroatoms. The van der Waals surface area contributed by atoms with Gasteiger partial charge in [0.05, 0.1) is 6.07 Å². The number of aryl methyl sites for hydroxylation is 1. The summed E-state index contributed by atoms with van der Waals surface area (Å²) in [5.41, 5.74) is 0.564. The van der Waals surface area contributed by atoms with Crippen LogP contribution in [0.25, 0.3) is 0 Å². The molecular weight excluding hydrogens is 382 g/mol. The van der Waals surface area contributed by atoms with Crippen LogP contribution in [0.3, 0.4) is 0 Å². The van der Waals surface area contributed by atoms with Crippen molar-refractivity contribution in [2.75, 3.05) is 32.7 Å². The zero-order valence-electron chi connectivity index (χ0n) is 18.0. The van der Waals surface area contributed by atoms with Gasteiger partial charge in [-0.3, -0.25) is 19.4 Å². The molecule has 160 valence electrons. The third-order valence-electron chi connectivity index (χ3n) is 6.02. The van der Waals surface area contributed by atoms with Gasteiger partial charge in [-0.25, -0.2) is 4.79 Å². The summed E-state index contributed by atoms with van der Waals surface area (Å²) in [5.74, 6) is -0.473. The fourth-order valence-electron chi connectivity index (χ4n) is 4.06. The summed E-state index contributed by atoms with van der Waals surface area (Å²) in [6.07, 6.45) is 0. The second-order valence-electron chi connectivity index (χ2n) is 8.55. The van der Waals surface area contributed by atoms with E-state index in [9.17, 15) is 19.6 Å². The summed E-state index contributed by atoms with van der Waals surface area (Å²) in [4.78, 5) is 43.0. The van der Waals surface area contributed by atoms with E-state index in [0.717, 1.165) is 10.5 Å². The Balaban J connectivity index is 1.63. The lowest BCUT2D eigenvalue weighted by Gasteiger charge is -2.38. The molecule has 2 aliphatic rings. The molecule has 2 heterocycles. The van der Waals surface area contributed by atoms with Crippen molar-refractivity contribution in [1.29, 1.82) is 5.26 Å². The van der Waals surface area contributed by atoms with Crippen molar-refractivity contribution in [2.24, 2.45) is 5.92 Å². The third-order valence-corrected chi connectivity index (χ3v) is 6.02. The minimum absolute atomic E-state index is 0.177. The van der Waals surface area contributed by atoms with Crippen LogP contribution in [-0.2, 0) is 15.1 Å². The fourth-order valence-corrected chi connectivity index (χ4v) is 4.06. The predicted octanol–water partition coefficient (Wildman–Crippen LogP) is 1.45. The van der Waals surface area contributed by atoms with Crippen molar-refractivity contribution in [3.05, 3.63) is 35.4 Å². The van der Waals surface area contributed by atoms with Crippen LogP contribution in [0.15, 0.2) is 24.3 Å². The normalized spacial score (nSPS) is 23.5. The summed E-state index contributed by atoms with van der Waals surface area (Å²) in [5, 5.41) is 12.1. The largest absolute Gasteiger partial charge is 0.339 e. The summed E-state index contributed by atoms with van der Waals surface area (Å²) < 4.78 is 0. The van der Waals surface area contributed by atoms with Gasteiger partial charge < -0.3 is 10.2 Å². The Bertz CT molecular complexity index is 868. The van der Waals surface area contributed by atoms with Crippen molar-refractivity contribution < 1.29 is 14.4 Å². The molecule has 0 aromatic heterocycles. The number of nitriles is 1. The first kappa shape index (κ1) is 21.8. The molecule has 1 aromatic carbocycles. The van der Waals surface area contributed by atoms with Crippen LogP contribution >= 0.6 is 0 Å². The summed E-state index contributed by atoms with van der Waals surface area (Å²) >= 11 is 0. The molecule has 1 aromatic rings. The molecule has 0 spiro atoms. The fraction of sp³-hybridized carbons (Fsp3) is 0.545. The van der Waals surface area contributed by atoms with Crippen LogP contribution in [0, 0.1) is 24.2 Å². The van der Waals surface area contributed by atoms with E-state index in [4.69, 9.17) is 0 Å². The van der Waals surface area contributed by atoms with Crippen molar-refractivity contribution >= 4 is 17.8 Å². The molecule has 0 aliphatic carbocycles. The van der Waals surface area contributed by atoms with Crippen molar-refractivity contribution in [2.45, 2.75) is 39.3 Å². The van der Waals surface area contributed by atoms with E-state index in [2.05, 4.69) is 16.3 Å². The topological polar surface area (TPSA) is 96.8 Å². The number of hydrogen-bond acceptors (Lipinski definition) is 5. The van der Waals surface area contributed by atoms with E-state index >= 15 is 0 Å². The molecular formula is C22H29N5O3.